The molecule has 0 aromatic carbocycles. The molecular weight excluding hydrogens is 594 g/mol. The number of carbonyl (C=O) groups is 2. The number of ether oxygens (including phenoxy) is 2. The Balaban J connectivity index is 1.66. The topological polar surface area (TPSA) is 146 Å². The van der Waals surface area contributed by atoms with Crippen LogP contribution in [0, 0.1) is 24.2 Å². The molecule has 8 atom stereocenters. The highest BCUT2D eigenvalue weighted by Crippen LogP contribution is 2.42. The molecule has 11 nitrogen and oxygen atoms in total. The maximum Gasteiger partial charge on any atom is 0.309 e. The van der Waals surface area contributed by atoms with Crippen LogP contribution in [0.3, 0.4) is 0 Å². The second kappa shape index (κ2) is 13.7. The summed E-state index contributed by atoms with van der Waals surface area (Å²) in [5.41, 5.74) is 0.144. The lowest BCUT2D eigenvalue weighted by Crippen LogP contribution is -2.45. The largest absolute Gasteiger partial charge is 0.458 e. The van der Waals surface area contributed by atoms with E-state index >= 15 is 0 Å². The van der Waals surface area contributed by atoms with Crippen molar-refractivity contribution in [3.8, 4) is 0 Å². The number of hydrogen-bond donors (Lipinski definition) is 2. The lowest BCUT2D eigenvalue weighted by molar-refractivity contribution is -0.154. The van der Waals surface area contributed by atoms with E-state index in [9.17, 15) is 28.2 Å². The molecule has 3 unspecified atom stereocenters. The van der Waals surface area contributed by atoms with Crippen LogP contribution in [0.5, 0.6) is 0 Å². The van der Waals surface area contributed by atoms with Gasteiger partial charge in [-0.05, 0) is 44.3 Å². The van der Waals surface area contributed by atoms with E-state index in [1.807, 2.05) is 32.2 Å². The van der Waals surface area contributed by atoms with Crippen LogP contribution in [0.4, 0.5) is 0 Å². The molecule has 0 radical (unpaired) electrons. The minimum atomic E-state index is -3.77. The molecule has 43 heavy (non-hydrogen) atoms. The SMILES string of the molecule is C/C(=C\c1csc(C)n1)C1CC2[C@@H](CCC[C@H](C)[C@H](O)[C@@H](C)C(=O)C(C)(C)[C@@H](O)CC(=O)O1)N2S(=O)(=O)N1CCOCC1. The third-order valence-corrected chi connectivity index (χ3v) is 12.2. The van der Waals surface area contributed by atoms with Crippen molar-refractivity contribution in [3.05, 3.63) is 21.7 Å². The second-order valence-electron chi connectivity index (χ2n) is 12.9. The minimum Gasteiger partial charge on any atom is -0.458 e. The minimum absolute atomic E-state index is 0.217. The van der Waals surface area contributed by atoms with E-state index in [4.69, 9.17) is 9.47 Å². The summed E-state index contributed by atoms with van der Waals surface area (Å²) in [6.07, 6.45) is 0.483. The fourth-order valence-electron chi connectivity index (χ4n) is 6.30. The van der Waals surface area contributed by atoms with Gasteiger partial charge in [0, 0.05) is 42.9 Å². The van der Waals surface area contributed by atoms with E-state index in [1.54, 1.807) is 20.8 Å². The summed E-state index contributed by atoms with van der Waals surface area (Å²) in [5, 5.41) is 24.9. The lowest BCUT2D eigenvalue weighted by Gasteiger charge is -2.34. The summed E-state index contributed by atoms with van der Waals surface area (Å²) < 4.78 is 41.8. The monoisotopic (exact) mass is 641 g/mol. The molecule has 4 rings (SSSR count). The number of aryl methyl sites for hydroxylation is 1. The van der Waals surface area contributed by atoms with E-state index in [2.05, 4.69) is 4.98 Å². The molecule has 1 aromatic heterocycles. The first kappa shape index (κ1) is 34.1. The summed E-state index contributed by atoms with van der Waals surface area (Å²) in [5.74, 6) is -1.98. The molecule has 3 saturated heterocycles. The number of hydrogen-bond acceptors (Lipinski definition) is 10. The highest BCUT2D eigenvalue weighted by molar-refractivity contribution is 7.87. The highest BCUT2D eigenvalue weighted by atomic mass is 32.2. The van der Waals surface area contributed by atoms with Crippen LogP contribution in [-0.4, -0.2) is 101 Å². The number of esters is 1. The van der Waals surface area contributed by atoms with Crippen molar-refractivity contribution in [2.24, 2.45) is 17.3 Å². The Kier molecular flexibility index (Phi) is 10.9. The van der Waals surface area contributed by atoms with Crippen molar-refractivity contribution < 1.29 is 37.7 Å². The predicted molar refractivity (Wildman–Crippen MR) is 163 cm³/mol. The fourth-order valence-corrected chi connectivity index (χ4v) is 8.85. The standard InChI is InChI=1S/C30H47N3O8S2/c1-18-8-7-9-23-24(33(23)43(38,39)32-10-12-40-13-11-32)15-25(19(2)14-22-17-42-21(4)31-22)41-27(35)16-26(34)30(5,6)29(37)20(3)28(18)36/h14,17-18,20,23-26,28,34,36H,7-13,15-16H2,1-6H3/b19-14+/t18-,20+,23+,24?,25?,26-,28-,33?/m0/s1. The van der Waals surface area contributed by atoms with Gasteiger partial charge in [-0.2, -0.15) is 17.0 Å². The van der Waals surface area contributed by atoms with Crippen molar-refractivity contribution in [2.75, 3.05) is 26.3 Å². The molecule has 2 N–H and O–H groups in total. The predicted octanol–water partition coefficient (Wildman–Crippen LogP) is 2.95. The molecule has 0 spiro atoms. The number of ketones is 1. The quantitative estimate of drug-likeness (QED) is 0.374. The summed E-state index contributed by atoms with van der Waals surface area (Å²) in [6, 6.07) is -0.676. The highest BCUT2D eigenvalue weighted by Gasteiger charge is 2.57. The molecule has 0 saturated carbocycles. The molecule has 0 aliphatic carbocycles. The van der Waals surface area contributed by atoms with Gasteiger partial charge in [-0.3, -0.25) is 9.59 Å². The summed E-state index contributed by atoms with van der Waals surface area (Å²) >= 11 is 1.50. The van der Waals surface area contributed by atoms with Gasteiger partial charge in [-0.1, -0.05) is 34.1 Å². The normalized spacial score (nSPS) is 35.7. The number of fused-ring (bicyclic) bond motifs is 1. The van der Waals surface area contributed by atoms with Gasteiger partial charge in [0.25, 0.3) is 10.2 Å². The number of aliphatic hydroxyl groups is 2. The zero-order chi connectivity index (χ0) is 31.7. The zero-order valence-corrected chi connectivity index (χ0v) is 27.7. The maximum absolute atomic E-state index is 13.7. The molecule has 13 heteroatoms. The van der Waals surface area contributed by atoms with Gasteiger partial charge in [0.15, 0.2) is 0 Å². The van der Waals surface area contributed by atoms with Gasteiger partial charge < -0.3 is 19.7 Å². The molecule has 242 valence electrons. The number of Topliss-reactive ketones (excluding diaryl/α,β-unsaturated/α-hetero) is 1. The first-order chi connectivity index (χ1) is 20.1. The molecule has 3 fully saturated rings. The van der Waals surface area contributed by atoms with Crippen molar-refractivity contribution in [2.45, 2.75) is 104 Å². The van der Waals surface area contributed by atoms with Gasteiger partial charge in [0.2, 0.25) is 0 Å². The van der Waals surface area contributed by atoms with Crippen molar-refractivity contribution >= 4 is 39.4 Å². The van der Waals surface area contributed by atoms with Crippen LogP contribution in [0.1, 0.15) is 77.4 Å². The maximum atomic E-state index is 13.7. The Morgan fingerprint density at radius 3 is 2.44 bits per heavy atom. The van der Waals surface area contributed by atoms with Crippen LogP contribution in [0.15, 0.2) is 11.0 Å². The van der Waals surface area contributed by atoms with Gasteiger partial charge in [-0.15, -0.1) is 11.3 Å². The Hall–Kier alpha value is -1.74. The van der Waals surface area contributed by atoms with Crippen LogP contribution >= 0.6 is 11.3 Å². The molecule has 0 bridgehead atoms. The number of cyclic esters (lactones) is 1. The van der Waals surface area contributed by atoms with E-state index in [1.165, 1.54) is 19.9 Å². The van der Waals surface area contributed by atoms with E-state index in [0.29, 0.717) is 38.0 Å². The molecule has 1 aromatic rings. The molecule has 4 heterocycles. The third-order valence-electron chi connectivity index (χ3n) is 9.32. The van der Waals surface area contributed by atoms with Crippen molar-refractivity contribution in [1.82, 2.24) is 13.6 Å². The summed E-state index contributed by atoms with van der Waals surface area (Å²) in [6.45, 7) is 11.7. The molecule has 3 aliphatic rings. The number of thiazole rings is 1. The van der Waals surface area contributed by atoms with E-state index < -0.39 is 52.2 Å². The second-order valence-corrected chi connectivity index (χ2v) is 15.8. The molecular formula is C30H47N3O8S2. The van der Waals surface area contributed by atoms with Gasteiger partial charge in [-0.25, -0.2) is 4.98 Å². The smallest absolute Gasteiger partial charge is 0.309 e. The Morgan fingerprint density at radius 2 is 1.81 bits per heavy atom. The Morgan fingerprint density at radius 1 is 1.14 bits per heavy atom. The van der Waals surface area contributed by atoms with Crippen molar-refractivity contribution in [3.63, 3.8) is 0 Å². The Labute approximate surface area is 259 Å². The number of aliphatic hydroxyl groups excluding tert-OH is 2. The number of carbonyl (C=O) groups excluding carboxylic acids is 2. The number of morpholine rings is 1. The van der Waals surface area contributed by atoms with Crippen LogP contribution in [0.2, 0.25) is 0 Å². The van der Waals surface area contributed by atoms with E-state index in [-0.39, 0.29) is 43.3 Å². The van der Waals surface area contributed by atoms with Crippen molar-refractivity contribution in [1.29, 1.82) is 0 Å². The fraction of sp³-hybridized carbons (Fsp3) is 0.767. The first-order valence-corrected chi connectivity index (χ1v) is 17.5. The lowest BCUT2D eigenvalue weighted by atomic mass is 9.73. The zero-order valence-electron chi connectivity index (χ0n) is 26.1. The summed E-state index contributed by atoms with van der Waals surface area (Å²) in [7, 11) is -3.77. The van der Waals surface area contributed by atoms with Crippen LogP contribution in [-0.2, 0) is 29.3 Å². The van der Waals surface area contributed by atoms with Gasteiger partial charge >= 0.3 is 5.97 Å². The summed E-state index contributed by atoms with van der Waals surface area (Å²) in [4.78, 5) is 31.1. The first-order valence-electron chi connectivity index (χ1n) is 15.2. The number of nitrogens with zero attached hydrogens (tertiary/aromatic N) is 3. The van der Waals surface area contributed by atoms with Gasteiger partial charge in [0.1, 0.15) is 11.9 Å². The van der Waals surface area contributed by atoms with Gasteiger partial charge in [0.05, 0.1) is 48.0 Å². The average Bonchev–Trinajstić information content (AvgIpc) is 3.50. The molecule has 0 amide bonds. The Bertz CT molecular complexity index is 1290. The van der Waals surface area contributed by atoms with Crippen LogP contribution in [0.25, 0.3) is 6.08 Å². The van der Waals surface area contributed by atoms with E-state index in [0.717, 1.165) is 10.7 Å². The molecule has 3 aliphatic heterocycles. The number of aromatic nitrogens is 1. The van der Waals surface area contributed by atoms with Crippen LogP contribution < -0.4 is 0 Å². The number of rotatable bonds is 4. The third kappa shape index (κ3) is 7.74. The average molecular weight is 642 g/mol.